The minimum absolute atomic E-state index is 0.0641. The van der Waals surface area contributed by atoms with Crippen molar-refractivity contribution < 1.29 is 14.3 Å². The van der Waals surface area contributed by atoms with E-state index in [4.69, 9.17) is 37.9 Å². The van der Waals surface area contributed by atoms with Crippen LogP contribution in [0.15, 0.2) is 42.5 Å². The van der Waals surface area contributed by atoms with Gasteiger partial charge in [-0.2, -0.15) is 5.26 Å². The van der Waals surface area contributed by atoms with Crippen LogP contribution >= 0.6 is 23.2 Å². The maximum Gasteiger partial charge on any atom is 0.338 e. The third-order valence-corrected chi connectivity index (χ3v) is 3.23. The van der Waals surface area contributed by atoms with E-state index in [2.05, 4.69) is 0 Å². The second-order valence-corrected chi connectivity index (χ2v) is 5.10. The van der Waals surface area contributed by atoms with E-state index in [1.54, 1.807) is 36.4 Å². The van der Waals surface area contributed by atoms with Crippen LogP contribution in [0.1, 0.15) is 15.9 Å². The highest BCUT2D eigenvalue weighted by Crippen LogP contribution is 2.27. The van der Waals surface area contributed by atoms with Gasteiger partial charge in [-0.15, -0.1) is 0 Å². The van der Waals surface area contributed by atoms with Crippen molar-refractivity contribution in [1.82, 2.24) is 0 Å². The Morgan fingerprint density at radius 1 is 1.14 bits per heavy atom. The predicted octanol–water partition coefficient (Wildman–Crippen LogP) is 4.10. The van der Waals surface area contributed by atoms with E-state index in [9.17, 15) is 4.79 Å². The molecule has 4 nitrogen and oxygen atoms in total. The summed E-state index contributed by atoms with van der Waals surface area (Å²) in [6.07, 6.45) is 0. The van der Waals surface area contributed by atoms with E-state index in [-0.39, 0.29) is 13.2 Å². The number of carbonyl (C=O) groups is 1. The van der Waals surface area contributed by atoms with Crippen LogP contribution < -0.4 is 4.74 Å². The number of esters is 1. The van der Waals surface area contributed by atoms with Crippen LogP contribution in [-0.4, -0.2) is 19.2 Å². The molecule has 0 unspecified atom stereocenters. The van der Waals surface area contributed by atoms with Crippen molar-refractivity contribution in [1.29, 1.82) is 5.26 Å². The Bertz CT molecular complexity index is 726. The third-order valence-electron chi connectivity index (χ3n) is 2.70. The molecule has 2 aromatic carbocycles. The standard InChI is InChI=1S/C16H11Cl2NO3/c17-13-4-5-15(14(18)9-13)21-6-7-22-16(20)12-3-1-2-11(8-12)10-19/h1-5,8-9H,6-7H2. The van der Waals surface area contributed by atoms with Gasteiger partial charge in [0, 0.05) is 5.02 Å². The lowest BCUT2D eigenvalue weighted by molar-refractivity contribution is 0.0450. The maximum absolute atomic E-state index is 11.8. The van der Waals surface area contributed by atoms with Crippen LogP contribution in [-0.2, 0) is 4.74 Å². The van der Waals surface area contributed by atoms with Crippen LogP contribution in [0.5, 0.6) is 5.75 Å². The van der Waals surface area contributed by atoms with Crippen molar-refractivity contribution in [2.75, 3.05) is 13.2 Å². The fraction of sp³-hybridized carbons (Fsp3) is 0.125. The van der Waals surface area contributed by atoms with Crippen LogP contribution in [0.3, 0.4) is 0 Å². The highest BCUT2D eigenvalue weighted by atomic mass is 35.5. The Labute approximate surface area is 137 Å². The number of halogens is 2. The maximum atomic E-state index is 11.8. The Morgan fingerprint density at radius 2 is 1.95 bits per heavy atom. The second kappa shape index (κ2) is 7.69. The molecule has 0 spiro atoms. The van der Waals surface area contributed by atoms with Crippen molar-refractivity contribution in [3.8, 4) is 11.8 Å². The summed E-state index contributed by atoms with van der Waals surface area (Å²) in [4.78, 5) is 11.8. The summed E-state index contributed by atoms with van der Waals surface area (Å²) in [7, 11) is 0. The molecule has 0 N–H and O–H groups in total. The molecule has 2 aromatic rings. The van der Waals surface area contributed by atoms with Crippen LogP contribution in [0.2, 0.25) is 10.0 Å². The first-order valence-electron chi connectivity index (χ1n) is 6.35. The molecule has 0 bridgehead atoms. The molecule has 0 fully saturated rings. The van der Waals surface area contributed by atoms with Gasteiger partial charge in [-0.3, -0.25) is 0 Å². The van der Waals surface area contributed by atoms with E-state index < -0.39 is 5.97 Å². The highest BCUT2D eigenvalue weighted by molar-refractivity contribution is 6.35. The zero-order chi connectivity index (χ0) is 15.9. The van der Waals surface area contributed by atoms with Crippen molar-refractivity contribution >= 4 is 29.2 Å². The predicted molar refractivity (Wildman–Crippen MR) is 83.4 cm³/mol. The second-order valence-electron chi connectivity index (χ2n) is 4.25. The molecular weight excluding hydrogens is 325 g/mol. The molecule has 22 heavy (non-hydrogen) atoms. The molecule has 0 atom stereocenters. The molecular formula is C16H11Cl2NO3. The SMILES string of the molecule is N#Cc1cccc(C(=O)OCCOc2ccc(Cl)cc2Cl)c1. The summed E-state index contributed by atoms with van der Waals surface area (Å²) in [5.41, 5.74) is 0.724. The Balaban J connectivity index is 1.83. The zero-order valence-corrected chi connectivity index (χ0v) is 12.9. The quantitative estimate of drug-likeness (QED) is 0.609. The van der Waals surface area contributed by atoms with Crippen LogP contribution in [0.4, 0.5) is 0 Å². The van der Waals surface area contributed by atoms with Gasteiger partial charge in [-0.25, -0.2) is 4.79 Å². The minimum atomic E-state index is -0.511. The van der Waals surface area contributed by atoms with Gasteiger partial charge >= 0.3 is 5.97 Å². The molecule has 0 heterocycles. The lowest BCUT2D eigenvalue weighted by atomic mass is 10.1. The van der Waals surface area contributed by atoms with E-state index in [1.807, 2.05) is 6.07 Å². The largest absolute Gasteiger partial charge is 0.488 e. The summed E-state index contributed by atoms with van der Waals surface area (Å²) in [6.45, 7) is 0.222. The Hall–Kier alpha value is -2.22. The topological polar surface area (TPSA) is 59.3 Å². The van der Waals surface area contributed by atoms with Crippen LogP contribution in [0.25, 0.3) is 0 Å². The number of ether oxygens (including phenoxy) is 2. The number of benzene rings is 2. The molecule has 6 heteroatoms. The molecule has 2 rings (SSSR count). The van der Waals surface area contributed by atoms with Gasteiger partial charge in [0.15, 0.2) is 0 Å². The molecule has 0 radical (unpaired) electrons. The van der Waals surface area contributed by atoms with Crippen molar-refractivity contribution in [3.05, 3.63) is 63.6 Å². The summed E-state index contributed by atoms with van der Waals surface area (Å²) in [5.74, 6) is -0.0449. The van der Waals surface area contributed by atoms with Gasteiger partial charge in [0.05, 0.1) is 22.2 Å². The summed E-state index contributed by atoms with van der Waals surface area (Å²) in [5, 5.41) is 9.69. The first kappa shape index (κ1) is 16.2. The summed E-state index contributed by atoms with van der Waals surface area (Å²) < 4.78 is 10.5. The van der Waals surface area contributed by atoms with Gasteiger partial charge in [0.25, 0.3) is 0 Å². The minimum Gasteiger partial charge on any atom is -0.488 e. The number of nitriles is 1. The smallest absolute Gasteiger partial charge is 0.338 e. The molecule has 0 aliphatic rings. The van der Waals surface area contributed by atoms with Crippen LogP contribution in [0, 0.1) is 11.3 Å². The average Bonchev–Trinajstić information content (AvgIpc) is 2.53. The lowest BCUT2D eigenvalue weighted by Crippen LogP contribution is -2.12. The number of hydrogen-bond acceptors (Lipinski definition) is 4. The summed E-state index contributed by atoms with van der Waals surface area (Å²) in [6, 6.07) is 13.1. The van der Waals surface area contributed by atoms with Crippen molar-refractivity contribution in [2.24, 2.45) is 0 Å². The summed E-state index contributed by atoms with van der Waals surface area (Å²) >= 11 is 11.7. The van der Waals surface area contributed by atoms with Crippen molar-refractivity contribution in [3.63, 3.8) is 0 Å². The van der Waals surface area contributed by atoms with E-state index in [0.717, 1.165) is 0 Å². The Kier molecular flexibility index (Phi) is 5.65. The molecule has 0 saturated heterocycles. The molecule has 112 valence electrons. The van der Waals surface area contributed by atoms with E-state index >= 15 is 0 Å². The molecule has 0 aliphatic heterocycles. The van der Waals surface area contributed by atoms with E-state index in [1.165, 1.54) is 6.07 Å². The molecule has 0 aliphatic carbocycles. The monoisotopic (exact) mass is 335 g/mol. The molecule has 0 saturated carbocycles. The fourth-order valence-electron chi connectivity index (χ4n) is 1.68. The molecule has 0 amide bonds. The average molecular weight is 336 g/mol. The van der Waals surface area contributed by atoms with Gasteiger partial charge < -0.3 is 9.47 Å². The first-order valence-corrected chi connectivity index (χ1v) is 7.11. The Morgan fingerprint density at radius 3 is 2.68 bits per heavy atom. The molecule has 0 aromatic heterocycles. The van der Waals surface area contributed by atoms with Gasteiger partial charge in [0.1, 0.15) is 19.0 Å². The number of nitrogens with zero attached hydrogens (tertiary/aromatic N) is 1. The zero-order valence-electron chi connectivity index (χ0n) is 11.4. The van der Waals surface area contributed by atoms with Gasteiger partial charge in [-0.1, -0.05) is 29.3 Å². The van der Waals surface area contributed by atoms with Gasteiger partial charge in [0.2, 0.25) is 0 Å². The first-order chi connectivity index (χ1) is 10.6. The van der Waals surface area contributed by atoms with Gasteiger partial charge in [-0.05, 0) is 36.4 Å². The fourth-order valence-corrected chi connectivity index (χ4v) is 2.14. The lowest BCUT2D eigenvalue weighted by Gasteiger charge is -2.09. The third kappa shape index (κ3) is 4.39. The van der Waals surface area contributed by atoms with E-state index in [0.29, 0.717) is 26.9 Å². The number of hydrogen-bond donors (Lipinski definition) is 0. The number of rotatable bonds is 5. The van der Waals surface area contributed by atoms with Crippen molar-refractivity contribution in [2.45, 2.75) is 0 Å². The normalized spacial score (nSPS) is 9.86. The highest BCUT2D eigenvalue weighted by Gasteiger charge is 2.08. The number of carbonyl (C=O) groups excluding carboxylic acids is 1.